The molecule has 3 aromatic rings. The van der Waals surface area contributed by atoms with Gasteiger partial charge in [-0.2, -0.15) is 4.98 Å². The predicted molar refractivity (Wildman–Crippen MR) is 88.6 cm³/mol. The largest absolute Gasteiger partial charge is 0.348 e. The van der Waals surface area contributed by atoms with E-state index < -0.39 is 0 Å². The summed E-state index contributed by atoms with van der Waals surface area (Å²) in [6.07, 6.45) is 9.77. The molecule has 2 atom stereocenters. The van der Waals surface area contributed by atoms with Gasteiger partial charge in [-0.3, -0.25) is 14.7 Å². The van der Waals surface area contributed by atoms with Crippen molar-refractivity contribution in [1.82, 2.24) is 40.3 Å². The Labute approximate surface area is 148 Å². The zero-order chi connectivity index (χ0) is 17.9. The van der Waals surface area contributed by atoms with Gasteiger partial charge in [0.15, 0.2) is 0 Å². The van der Waals surface area contributed by atoms with Gasteiger partial charge in [-0.15, -0.1) is 0 Å². The van der Waals surface area contributed by atoms with E-state index >= 15 is 0 Å². The van der Waals surface area contributed by atoms with E-state index in [9.17, 15) is 4.79 Å². The van der Waals surface area contributed by atoms with Gasteiger partial charge in [-0.05, 0) is 13.5 Å². The molecule has 1 amide bonds. The zero-order valence-electron chi connectivity index (χ0n) is 14.0. The number of hydrogen-bond acceptors (Lipinski definition) is 9. The van der Waals surface area contributed by atoms with E-state index in [1.54, 1.807) is 18.6 Å². The fourth-order valence-corrected chi connectivity index (χ4v) is 2.97. The molecule has 0 bridgehead atoms. The van der Waals surface area contributed by atoms with E-state index in [0.717, 1.165) is 0 Å². The molecule has 10 nitrogen and oxygen atoms in total. The molecule has 3 aromatic heterocycles. The lowest BCUT2D eigenvalue weighted by atomic mass is 10.1. The topological polar surface area (TPSA) is 123 Å². The monoisotopic (exact) mass is 352 g/mol. The number of aromatic nitrogens is 6. The molecule has 0 spiro atoms. The zero-order valence-corrected chi connectivity index (χ0v) is 14.0. The number of hydrogen-bond donors (Lipinski definition) is 1. The van der Waals surface area contributed by atoms with Gasteiger partial charge >= 0.3 is 0 Å². The van der Waals surface area contributed by atoms with Crippen LogP contribution in [-0.4, -0.2) is 60.5 Å². The van der Waals surface area contributed by atoms with Crippen LogP contribution in [0.5, 0.6) is 0 Å². The van der Waals surface area contributed by atoms with Crippen LogP contribution in [0, 0.1) is 0 Å². The molecule has 1 saturated heterocycles. The molecule has 0 aromatic carbocycles. The summed E-state index contributed by atoms with van der Waals surface area (Å²) >= 11 is 0. The Morgan fingerprint density at radius 2 is 2.08 bits per heavy atom. The maximum atomic E-state index is 12.3. The second-order valence-corrected chi connectivity index (χ2v) is 6.04. The standard InChI is InChI=1S/C16H16N8O2/c1-24-8-11(21-15(25)10-5-18-9-19-6-10)4-13(24)16-22-14(23-26-16)12-7-17-2-3-20-12/h2-3,5-7,9,11,13H,4,8H2,1H3,(H,21,25)/t11-,13-/m0/s1. The van der Waals surface area contributed by atoms with Gasteiger partial charge in [-0.25, -0.2) is 15.0 Å². The number of likely N-dealkylation sites (tertiary alicyclic amines) is 1. The molecule has 1 N–H and O–H groups in total. The van der Waals surface area contributed by atoms with Crippen LogP contribution in [-0.2, 0) is 0 Å². The quantitative estimate of drug-likeness (QED) is 0.714. The summed E-state index contributed by atoms with van der Waals surface area (Å²) < 4.78 is 5.41. The number of nitrogens with zero attached hydrogens (tertiary/aromatic N) is 7. The van der Waals surface area contributed by atoms with Gasteiger partial charge in [0.2, 0.25) is 11.7 Å². The lowest BCUT2D eigenvalue weighted by Crippen LogP contribution is -2.36. The third-order valence-corrected chi connectivity index (χ3v) is 4.23. The van der Waals surface area contributed by atoms with E-state index in [1.165, 1.54) is 18.7 Å². The number of likely N-dealkylation sites (N-methyl/N-ethyl adjacent to an activating group) is 1. The highest BCUT2D eigenvalue weighted by atomic mass is 16.5. The van der Waals surface area contributed by atoms with Crippen LogP contribution in [0.3, 0.4) is 0 Å². The van der Waals surface area contributed by atoms with E-state index in [4.69, 9.17) is 4.52 Å². The van der Waals surface area contributed by atoms with Crippen LogP contribution < -0.4 is 5.32 Å². The van der Waals surface area contributed by atoms with E-state index in [0.29, 0.717) is 35.9 Å². The summed E-state index contributed by atoms with van der Waals surface area (Å²) in [7, 11) is 1.95. The van der Waals surface area contributed by atoms with Crippen LogP contribution in [0.1, 0.15) is 28.7 Å². The first kappa shape index (κ1) is 16.2. The molecule has 0 aliphatic carbocycles. The van der Waals surface area contributed by atoms with Gasteiger partial charge in [0, 0.05) is 37.4 Å². The normalized spacial score (nSPS) is 20.2. The van der Waals surface area contributed by atoms with Gasteiger partial charge in [0.05, 0.1) is 17.8 Å². The molecule has 1 aliphatic heterocycles. The lowest BCUT2D eigenvalue weighted by Gasteiger charge is -2.14. The van der Waals surface area contributed by atoms with Crippen molar-refractivity contribution in [1.29, 1.82) is 0 Å². The van der Waals surface area contributed by atoms with Crippen LogP contribution in [0.25, 0.3) is 11.5 Å². The van der Waals surface area contributed by atoms with Crippen molar-refractivity contribution < 1.29 is 9.32 Å². The number of carbonyl (C=O) groups excluding carboxylic acids is 1. The van der Waals surface area contributed by atoms with Gasteiger partial charge in [0.1, 0.15) is 12.0 Å². The number of nitrogens with one attached hydrogen (secondary N) is 1. The van der Waals surface area contributed by atoms with Crippen molar-refractivity contribution in [3.63, 3.8) is 0 Å². The maximum Gasteiger partial charge on any atom is 0.254 e. The summed E-state index contributed by atoms with van der Waals surface area (Å²) in [5.41, 5.74) is 0.985. The van der Waals surface area contributed by atoms with Gasteiger partial charge < -0.3 is 9.84 Å². The molecule has 4 rings (SSSR count). The lowest BCUT2D eigenvalue weighted by molar-refractivity contribution is 0.0937. The first-order valence-electron chi connectivity index (χ1n) is 8.07. The number of carbonyl (C=O) groups is 1. The van der Waals surface area contributed by atoms with Crippen LogP contribution in [0.15, 0.2) is 41.8 Å². The average molecular weight is 352 g/mol. The van der Waals surface area contributed by atoms with E-state index in [2.05, 4.69) is 40.3 Å². The molecule has 132 valence electrons. The minimum Gasteiger partial charge on any atom is -0.348 e. The molecule has 0 unspecified atom stereocenters. The summed E-state index contributed by atoms with van der Waals surface area (Å²) in [4.78, 5) is 34.7. The third-order valence-electron chi connectivity index (χ3n) is 4.23. The van der Waals surface area contributed by atoms with Crippen LogP contribution >= 0.6 is 0 Å². The smallest absolute Gasteiger partial charge is 0.254 e. The highest BCUT2D eigenvalue weighted by molar-refractivity contribution is 5.93. The molecule has 0 saturated carbocycles. The van der Waals surface area contributed by atoms with Crippen molar-refractivity contribution in [3.05, 3.63) is 48.8 Å². The second-order valence-electron chi connectivity index (χ2n) is 6.04. The van der Waals surface area contributed by atoms with E-state index in [-0.39, 0.29) is 18.0 Å². The Morgan fingerprint density at radius 3 is 2.85 bits per heavy atom. The number of amides is 1. The first-order chi connectivity index (χ1) is 12.7. The number of rotatable bonds is 4. The van der Waals surface area contributed by atoms with E-state index in [1.807, 2.05) is 7.05 Å². The fraction of sp³-hybridized carbons (Fsp3) is 0.312. The summed E-state index contributed by atoms with van der Waals surface area (Å²) in [6.45, 7) is 0.674. The Kier molecular flexibility index (Phi) is 4.32. The molecular weight excluding hydrogens is 336 g/mol. The average Bonchev–Trinajstić information content (AvgIpc) is 3.30. The Hall–Kier alpha value is -3.27. The van der Waals surface area contributed by atoms with Crippen LogP contribution in [0.2, 0.25) is 0 Å². The van der Waals surface area contributed by atoms with Crippen molar-refractivity contribution in [2.24, 2.45) is 0 Å². The minimum atomic E-state index is -0.199. The summed E-state index contributed by atoms with van der Waals surface area (Å²) in [6, 6.07) is -0.116. The van der Waals surface area contributed by atoms with Crippen molar-refractivity contribution in [2.75, 3.05) is 13.6 Å². The molecule has 26 heavy (non-hydrogen) atoms. The molecule has 4 heterocycles. The second kappa shape index (κ2) is 6.92. The highest BCUT2D eigenvalue weighted by Crippen LogP contribution is 2.30. The van der Waals surface area contributed by atoms with Crippen molar-refractivity contribution in [3.8, 4) is 11.5 Å². The Bertz CT molecular complexity index is 886. The molecule has 10 heteroatoms. The Morgan fingerprint density at radius 1 is 1.23 bits per heavy atom. The minimum absolute atomic E-state index is 0.0374. The maximum absolute atomic E-state index is 12.3. The van der Waals surface area contributed by atoms with Gasteiger partial charge in [-0.1, -0.05) is 5.16 Å². The van der Waals surface area contributed by atoms with Gasteiger partial charge in [0.25, 0.3) is 5.91 Å². The van der Waals surface area contributed by atoms with Crippen molar-refractivity contribution >= 4 is 5.91 Å². The fourth-order valence-electron chi connectivity index (χ4n) is 2.97. The predicted octanol–water partition coefficient (Wildman–Crippen LogP) is 0.492. The first-order valence-corrected chi connectivity index (χ1v) is 8.07. The summed E-state index contributed by atoms with van der Waals surface area (Å²) in [5.74, 6) is 0.693. The molecule has 1 aliphatic rings. The molecule has 1 fully saturated rings. The molecular formula is C16H16N8O2. The van der Waals surface area contributed by atoms with Crippen LogP contribution in [0.4, 0.5) is 0 Å². The highest BCUT2D eigenvalue weighted by Gasteiger charge is 2.35. The Balaban J connectivity index is 1.44. The SMILES string of the molecule is CN1C[C@@H](NC(=O)c2cncnc2)C[C@H]1c1nc(-c2cnccn2)no1. The summed E-state index contributed by atoms with van der Waals surface area (Å²) in [5, 5.41) is 6.97. The molecule has 0 radical (unpaired) electrons. The van der Waals surface area contributed by atoms with Crippen molar-refractivity contribution in [2.45, 2.75) is 18.5 Å². The third kappa shape index (κ3) is 3.26.